The van der Waals surface area contributed by atoms with Gasteiger partial charge in [0.05, 0.1) is 12.7 Å². The molecule has 1 aromatic heterocycles. The normalized spacial score (nSPS) is 11.0. The molecule has 0 unspecified atom stereocenters. The van der Waals surface area contributed by atoms with Crippen LogP contribution in [0.3, 0.4) is 0 Å². The lowest BCUT2D eigenvalue weighted by Crippen LogP contribution is -2.41. The molecule has 2 amide bonds. The molecule has 0 aliphatic carbocycles. The van der Waals surface area contributed by atoms with Crippen molar-refractivity contribution in [1.82, 2.24) is 9.88 Å². The molecule has 0 radical (unpaired) electrons. The maximum absolute atomic E-state index is 13.3. The summed E-state index contributed by atoms with van der Waals surface area (Å²) in [6.45, 7) is 4.57. The summed E-state index contributed by atoms with van der Waals surface area (Å²) in [4.78, 5) is 31.4. The quantitative estimate of drug-likeness (QED) is 0.218. The lowest BCUT2D eigenvalue weighted by atomic mass is 9.88. The number of carbonyl (C=O) groups is 2. The number of halogens is 1. The maximum Gasteiger partial charge on any atom is 0.337 e. The van der Waals surface area contributed by atoms with E-state index < -0.39 is 5.97 Å². The summed E-state index contributed by atoms with van der Waals surface area (Å²) in [5.74, 6) is -0.246. The topological polar surface area (TPSA) is 71.5 Å². The van der Waals surface area contributed by atoms with Crippen LogP contribution in [0.25, 0.3) is 11.3 Å². The van der Waals surface area contributed by atoms with Gasteiger partial charge in [0.25, 0.3) is 0 Å². The Morgan fingerprint density at radius 1 is 0.947 bits per heavy atom. The first-order valence-corrected chi connectivity index (χ1v) is 13.6. The maximum atomic E-state index is 13.3. The van der Waals surface area contributed by atoms with Crippen molar-refractivity contribution in [2.24, 2.45) is 0 Å². The minimum Gasteiger partial charge on any atom is -0.465 e. The average molecular weight is 548 g/mol. The van der Waals surface area contributed by atoms with E-state index in [9.17, 15) is 9.59 Å². The van der Waals surface area contributed by atoms with Gasteiger partial charge in [-0.25, -0.2) is 14.6 Å². The van der Waals surface area contributed by atoms with E-state index in [4.69, 9.17) is 16.3 Å². The van der Waals surface area contributed by atoms with Gasteiger partial charge in [0.15, 0.2) is 5.13 Å². The predicted molar refractivity (Wildman–Crippen MR) is 154 cm³/mol. The van der Waals surface area contributed by atoms with Gasteiger partial charge in [0, 0.05) is 24.1 Å². The molecule has 8 heteroatoms. The number of methoxy groups -OCH3 is 1. The van der Waals surface area contributed by atoms with Crippen molar-refractivity contribution in [3.63, 3.8) is 0 Å². The number of hydrogen-bond acceptors (Lipinski definition) is 5. The van der Waals surface area contributed by atoms with Crippen molar-refractivity contribution < 1.29 is 14.3 Å². The van der Waals surface area contributed by atoms with Crippen LogP contribution in [-0.4, -0.2) is 41.6 Å². The Morgan fingerprint density at radius 3 is 2.05 bits per heavy atom. The first-order chi connectivity index (χ1) is 18.4. The second kappa shape index (κ2) is 12.7. The van der Waals surface area contributed by atoms with Gasteiger partial charge in [0.1, 0.15) is 10.0 Å². The predicted octanol–water partition coefficient (Wildman–Crippen LogP) is 7.71. The van der Waals surface area contributed by atoms with Crippen LogP contribution >= 0.6 is 22.9 Å². The number of ether oxygens (including phenoxy) is 1. The fourth-order valence-corrected chi connectivity index (χ4v) is 5.41. The van der Waals surface area contributed by atoms with Crippen LogP contribution in [0.2, 0.25) is 4.34 Å². The Kier molecular flexibility index (Phi) is 9.15. The number of nitrogens with zero attached hydrogens (tertiary/aromatic N) is 2. The molecule has 0 bridgehead atoms. The number of thiazole rings is 1. The largest absolute Gasteiger partial charge is 0.465 e. The van der Waals surface area contributed by atoms with Crippen LogP contribution in [0.1, 0.15) is 47.7 Å². The van der Waals surface area contributed by atoms with Crippen LogP contribution in [0.5, 0.6) is 0 Å². The Labute approximate surface area is 232 Å². The van der Waals surface area contributed by atoms with Gasteiger partial charge in [-0.1, -0.05) is 95.7 Å². The van der Waals surface area contributed by atoms with Gasteiger partial charge in [-0.05, 0) is 43.5 Å². The van der Waals surface area contributed by atoms with Gasteiger partial charge in [-0.15, -0.1) is 0 Å². The minimum atomic E-state index is -0.413. The number of aromatic nitrogens is 1. The van der Waals surface area contributed by atoms with E-state index in [2.05, 4.69) is 34.6 Å². The highest BCUT2D eigenvalue weighted by atomic mass is 35.5. The SMILES string of the molecule is COC(=O)c1ccc(-c2nc(NC(=O)N(CCC(c3ccccc3)c3ccccc3)C(C)C)sc2Cl)cc1. The molecular weight excluding hydrogens is 518 g/mol. The summed E-state index contributed by atoms with van der Waals surface area (Å²) in [5.41, 5.74) is 4.17. The zero-order valence-corrected chi connectivity index (χ0v) is 23.1. The van der Waals surface area contributed by atoms with Crippen molar-refractivity contribution in [3.05, 3.63) is 106 Å². The van der Waals surface area contributed by atoms with Gasteiger partial charge >= 0.3 is 12.0 Å². The van der Waals surface area contributed by atoms with Crippen LogP contribution in [-0.2, 0) is 4.74 Å². The Bertz CT molecular complexity index is 1320. The molecule has 0 fully saturated rings. The summed E-state index contributed by atoms with van der Waals surface area (Å²) in [6.07, 6.45) is 0.774. The third-order valence-corrected chi connectivity index (χ3v) is 7.50. The van der Waals surface area contributed by atoms with Crippen LogP contribution < -0.4 is 5.32 Å². The number of esters is 1. The van der Waals surface area contributed by atoms with Crippen LogP contribution in [0.4, 0.5) is 9.93 Å². The van der Waals surface area contributed by atoms with Crippen molar-refractivity contribution >= 4 is 40.1 Å². The Balaban J connectivity index is 1.48. The highest BCUT2D eigenvalue weighted by Gasteiger charge is 2.23. The van der Waals surface area contributed by atoms with Crippen molar-refractivity contribution in [3.8, 4) is 11.3 Å². The third-order valence-electron chi connectivity index (χ3n) is 6.33. The van der Waals surface area contributed by atoms with E-state index in [0.717, 1.165) is 12.0 Å². The lowest BCUT2D eigenvalue weighted by Gasteiger charge is -2.29. The number of rotatable bonds is 9. The second-order valence-corrected chi connectivity index (χ2v) is 10.7. The van der Waals surface area contributed by atoms with Crippen molar-refractivity contribution in [1.29, 1.82) is 0 Å². The standard InChI is InChI=1S/C30H30ClN3O3S/c1-20(2)34(19-18-25(21-10-6-4-7-11-21)22-12-8-5-9-13-22)30(36)33-29-32-26(27(31)38-29)23-14-16-24(17-15-23)28(35)37-3/h4-17,20,25H,18-19H2,1-3H3,(H,32,33,36). The number of hydrogen-bond donors (Lipinski definition) is 1. The summed E-state index contributed by atoms with van der Waals surface area (Å²) < 4.78 is 5.20. The molecule has 3 aromatic carbocycles. The molecule has 1 N–H and O–H groups in total. The van der Waals surface area contributed by atoms with Crippen LogP contribution in [0, 0.1) is 0 Å². The van der Waals surface area contributed by atoms with Gasteiger partial charge in [-0.3, -0.25) is 5.32 Å². The number of carbonyl (C=O) groups excluding carboxylic acids is 2. The fourth-order valence-electron chi connectivity index (χ4n) is 4.34. The number of nitrogens with one attached hydrogen (secondary N) is 1. The zero-order valence-electron chi connectivity index (χ0n) is 21.6. The monoisotopic (exact) mass is 547 g/mol. The van der Waals surface area contributed by atoms with E-state index >= 15 is 0 Å². The third kappa shape index (κ3) is 6.60. The molecule has 0 aliphatic heterocycles. The highest BCUT2D eigenvalue weighted by Crippen LogP contribution is 2.36. The molecule has 4 aromatic rings. The average Bonchev–Trinajstić information content (AvgIpc) is 3.30. The molecule has 0 aliphatic rings. The minimum absolute atomic E-state index is 0.0111. The van der Waals surface area contributed by atoms with Crippen molar-refractivity contribution in [2.75, 3.05) is 19.0 Å². The summed E-state index contributed by atoms with van der Waals surface area (Å²) >= 11 is 7.68. The Morgan fingerprint density at radius 2 is 1.53 bits per heavy atom. The van der Waals surface area contributed by atoms with E-state index in [1.165, 1.54) is 29.6 Å². The molecule has 1 heterocycles. The van der Waals surface area contributed by atoms with Gasteiger partial charge in [0.2, 0.25) is 0 Å². The molecule has 4 rings (SSSR count). The summed E-state index contributed by atoms with van der Waals surface area (Å²) in [6, 6.07) is 27.3. The molecule has 196 valence electrons. The van der Waals surface area contributed by atoms with Crippen LogP contribution in [0.15, 0.2) is 84.9 Å². The smallest absolute Gasteiger partial charge is 0.337 e. The lowest BCUT2D eigenvalue weighted by molar-refractivity contribution is 0.0600. The zero-order chi connectivity index (χ0) is 27.1. The molecule has 0 atom stereocenters. The fraction of sp³-hybridized carbons (Fsp3) is 0.233. The molecule has 38 heavy (non-hydrogen) atoms. The van der Waals surface area contributed by atoms with E-state index in [1.54, 1.807) is 24.3 Å². The highest BCUT2D eigenvalue weighted by molar-refractivity contribution is 7.20. The number of anilines is 1. The van der Waals surface area contributed by atoms with Gasteiger partial charge in [-0.2, -0.15) is 0 Å². The first-order valence-electron chi connectivity index (χ1n) is 12.4. The van der Waals surface area contributed by atoms with E-state index in [-0.39, 0.29) is 18.0 Å². The van der Waals surface area contributed by atoms with E-state index in [1.807, 2.05) is 55.1 Å². The summed E-state index contributed by atoms with van der Waals surface area (Å²) in [5, 5.41) is 3.35. The molecule has 6 nitrogen and oxygen atoms in total. The van der Waals surface area contributed by atoms with Crippen molar-refractivity contribution in [2.45, 2.75) is 32.2 Å². The van der Waals surface area contributed by atoms with E-state index in [0.29, 0.717) is 27.3 Å². The number of amides is 2. The molecule has 0 saturated carbocycles. The number of urea groups is 1. The molecule has 0 saturated heterocycles. The second-order valence-electron chi connectivity index (χ2n) is 9.09. The molecular formula is C30H30ClN3O3S. The van der Waals surface area contributed by atoms with Gasteiger partial charge < -0.3 is 9.64 Å². The summed E-state index contributed by atoms with van der Waals surface area (Å²) in [7, 11) is 1.34. The first kappa shape index (κ1) is 27.4. The molecule has 0 spiro atoms. The Hall–Kier alpha value is -3.68. The number of benzene rings is 3.